The Morgan fingerprint density at radius 2 is 1.93 bits per heavy atom. The van der Waals surface area contributed by atoms with Crippen molar-refractivity contribution < 1.29 is 9.13 Å². The Morgan fingerprint density at radius 3 is 2.63 bits per heavy atom. The third-order valence-corrected chi connectivity index (χ3v) is 5.77. The molecule has 6 nitrogen and oxygen atoms in total. The number of benzene rings is 2. The molecule has 0 aliphatic heterocycles. The van der Waals surface area contributed by atoms with Gasteiger partial charge in [-0.25, -0.2) is 9.37 Å². The van der Waals surface area contributed by atoms with E-state index in [0.717, 1.165) is 16.9 Å². The predicted octanol–water partition coefficient (Wildman–Crippen LogP) is 4.10. The lowest BCUT2D eigenvalue weighted by atomic mass is 10.2. The normalized spacial score (nSPS) is 11.2. The van der Waals surface area contributed by atoms with Gasteiger partial charge in [-0.2, -0.15) is 5.10 Å². The molecule has 0 fully saturated rings. The van der Waals surface area contributed by atoms with Crippen LogP contribution in [0.15, 0.2) is 64.7 Å². The van der Waals surface area contributed by atoms with Gasteiger partial charge >= 0.3 is 0 Å². The maximum absolute atomic E-state index is 13.5. The third kappa shape index (κ3) is 4.23. The lowest BCUT2D eigenvalue weighted by molar-refractivity contribution is 0.414. The monoisotopic (exact) mass is 424 g/mol. The molecule has 2 aromatic carbocycles. The second-order valence-electron chi connectivity index (χ2n) is 6.77. The van der Waals surface area contributed by atoms with Crippen LogP contribution in [0.1, 0.15) is 18.1 Å². The van der Waals surface area contributed by atoms with E-state index in [9.17, 15) is 9.18 Å². The average Bonchev–Trinajstić information content (AvgIpc) is 3.18. The molecule has 0 atom stereocenters. The molecular formula is C22H21FN4O2S. The summed E-state index contributed by atoms with van der Waals surface area (Å²) < 4.78 is 22.1. The second-order valence-corrected chi connectivity index (χ2v) is 7.71. The van der Waals surface area contributed by atoms with E-state index in [-0.39, 0.29) is 11.4 Å². The summed E-state index contributed by atoms with van der Waals surface area (Å²) in [4.78, 5) is 17.9. The molecule has 0 saturated carbocycles. The average molecular weight is 425 g/mol. The summed E-state index contributed by atoms with van der Waals surface area (Å²) in [6.07, 6.45) is 1.78. The van der Waals surface area contributed by atoms with E-state index in [1.165, 1.54) is 23.9 Å². The molecule has 154 valence electrons. The Kier molecular flexibility index (Phi) is 5.85. The number of hydrogen-bond acceptors (Lipinski definition) is 5. The van der Waals surface area contributed by atoms with Crippen molar-refractivity contribution in [2.24, 2.45) is 0 Å². The highest BCUT2D eigenvalue weighted by atomic mass is 32.2. The van der Waals surface area contributed by atoms with E-state index >= 15 is 0 Å². The number of thioether (sulfide) groups is 1. The molecular weight excluding hydrogens is 403 g/mol. The standard InChI is InChI=1S/C22H21FN4O2S/c1-3-26-13-19-20(25-26)21(28)27(12-15-7-9-18(29-2)10-8-15)22(24-19)30-14-16-5-4-6-17(23)11-16/h4-11,13H,3,12,14H2,1-2H3. The highest BCUT2D eigenvalue weighted by molar-refractivity contribution is 7.98. The van der Waals surface area contributed by atoms with Crippen LogP contribution in [0, 0.1) is 5.82 Å². The van der Waals surface area contributed by atoms with Crippen LogP contribution in [0.2, 0.25) is 0 Å². The number of aryl methyl sites for hydroxylation is 1. The molecule has 0 saturated heterocycles. The third-order valence-electron chi connectivity index (χ3n) is 4.72. The minimum atomic E-state index is -0.281. The van der Waals surface area contributed by atoms with Crippen LogP contribution >= 0.6 is 11.8 Å². The Balaban J connectivity index is 1.73. The number of fused-ring (bicyclic) bond motifs is 1. The van der Waals surface area contributed by atoms with Crippen molar-refractivity contribution in [3.63, 3.8) is 0 Å². The Morgan fingerprint density at radius 1 is 1.13 bits per heavy atom. The van der Waals surface area contributed by atoms with Crippen molar-refractivity contribution >= 4 is 22.8 Å². The van der Waals surface area contributed by atoms with Gasteiger partial charge in [0, 0.05) is 12.3 Å². The number of hydrogen-bond donors (Lipinski definition) is 0. The van der Waals surface area contributed by atoms with Gasteiger partial charge in [0.2, 0.25) is 0 Å². The van der Waals surface area contributed by atoms with Crippen LogP contribution in [0.3, 0.4) is 0 Å². The highest BCUT2D eigenvalue weighted by Gasteiger charge is 2.15. The quantitative estimate of drug-likeness (QED) is 0.330. The molecule has 0 unspecified atom stereocenters. The zero-order chi connectivity index (χ0) is 21.1. The largest absolute Gasteiger partial charge is 0.497 e. The zero-order valence-corrected chi connectivity index (χ0v) is 17.5. The predicted molar refractivity (Wildman–Crippen MR) is 116 cm³/mol. The van der Waals surface area contributed by atoms with Crippen molar-refractivity contribution in [2.75, 3.05) is 7.11 Å². The van der Waals surface area contributed by atoms with E-state index in [1.54, 1.807) is 28.6 Å². The molecule has 2 heterocycles. The van der Waals surface area contributed by atoms with Gasteiger partial charge in [0.25, 0.3) is 5.56 Å². The van der Waals surface area contributed by atoms with Crippen LogP contribution in [0.5, 0.6) is 5.75 Å². The van der Waals surface area contributed by atoms with E-state index < -0.39 is 0 Å². The fraction of sp³-hybridized carbons (Fsp3) is 0.227. The van der Waals surface area contributed by atoms with Gasteiger partial charge in [0.1, 0.15) is 17.1 Å². The molecule has 0 aliphatic carbocycles. The fourth-order valence-electron chi connectivity index (χ4n) is 3.12. The molecule has 0 N–H and O–H groups in total. The number of ether oxygens (including phenoxy) is 1. The second kappa shape index (κ2) is 8.71. The molecule has 2 aromatic heterocycles. The van der Waals surface area contributed by atoms with E-state index in [4.69, 9.17) is 9.72 Å². The lowest BCUT2D eigenvalue weighted by Crippen LogP contribution is -2.24. The van der Waals surface area contributed by atoms with Crippen molar-refractivity contribution in [3.8, 4) is 5.75 Å². The first-order valence-electron chi connectivity index (χ1n) is 9.55. The van der Waals surface area contributed by atoms with Crippen molar-refractivity contribution in [2.45, 2.75) is 30.9 Å². The van der Waals surface area contributed by atoms with Gasteiger partial charge in [-0.1, -0.05) is 36.0 Å². The van der Waals surface area contributed by atoms with Crippen LogP contribution in [0.25, 0.3) is 11.0 Å². The van der Waals surface area contributed by atoms with Crippen LogP contribution in [-0.2, 0) is 18.8 Å². The highest BCUT2D eigenvalue weighted by Crippen LogP contribution is 2.23. The van der Waals surface area contributed by atoms with Gasteiger partial charge in [0.05, 0.1) is 19.9 Å². The lowest BCUT2D eigenvalue weighted by Gasteiger charge is -2.12. The molecule has 8 heteroatoms. The summed E-state index contributed by atoms with van der Waals surface area (Å²) in [6, 6.07) is 14.0. The first kappa shape index (κ1) is 20.2. The zero-order valence-electron chi connectivity index (χ0n) is 16.7. The van der Waals surface area contributed by atoms with Crippen molar-refractivity contribution in [3.05, 3.63) is 82.0 Å². The molecule has 0 radical (unpaired) electrons. The Hall–Kier alpha value is -3.13. The van der Waals surface area contributed by atoms with Crippen LogP contribution < -0.4 is 10.3 Å². The summed E-state index contributed by atoms with van der Waals surface area (Å²) in [5.74, 6) is 0.971. The van der Waals surface area contributed by atoms with Crippen LogP contribution in [0.4, 0.5) is 4.39 Å². The number of rotatable bonds is 7. The SMILES string of the molecule is CCn1cc2nc(SCc3cccc(F)c3)n(Cc3ccc(OC)cc3)c(=O)c2n1. The maximum Gasteiger partial charge on any atom is 0.282 e. The summed E-state index contributed by atoms with van der Waals surface area (Å²) in [7, 11) is 1.61. The molecule has 0 amide bonds. The number of nitrogens with zero attached hydrogens (tertiary/aromatic N) is 4. The topological polar surface area (TPSA) is 61.9 Å². The fourth-order valence-corrected chi connectivity index (χ4v) is 4.06. The number of aromatic nitrogens is 4. The first-order valence-corrected chi connectivity index (χ1v) is 10.5. The van der Waals surface area contributed by atoms with E-state index in [0.29, 0.717) is 35.0 Å². The molecule has 0 bridgehead atoms. The van der Waals surface area contributed by atoms with Crippen molar-refractivity contribution in [1.82, 2.24) is 19.3 Å². The number of methoxy groups -OCH3 is 1. The minimum Gasteiger partial charge on any atom is -0.497 e. The van der Waals surface area contributed by atoms with Gasteiger partial charge in [-0.15, -0.1) is 0 Å². The molecule has 0 aliphatic rings. The van der Waals surface area contributed by atoms with E-state index in [1.807, 2.05) is 37.3 Å². The summed E-state index contributed by atoms with van der Waals surface area (Å²) in [5, 5.41) is 4.95. The van der Waals surface area contributed by atoms with Crippen molar-refractivity contribution in [1.29, 1.82) is 0 Å². The van der Waals surface area contributed by atoms with Gasteiger partial charge in [-0.05, 0) is 42.3 Å². The maximum atomic E-state index is 13.5. The Labute approximate surface area is 177 Å². The molecule has 4 rings (SSSR count). The van der Waals surface area contributed by atoms with Gasteiger partial charge in [-0.3, -0.25) is 14.0 Å². The smallest absolute Gasteiger partial charge is 0.282 e. The number of halogens is 1. The van der Waals surface area contributed by atoms with Crippen LogP contribution in [-0.4, -0.2) is 26.4 Å². The summed E-state index contributed by atoms with van der Waals surface area (Å²) >= 11 is 1.41. The first-order chi connectivity index (χ1) is 14.6. The van der Waals surface area contributed by atoms with Gasteiger partial charge in [0.15, 0.2) is 10.7 Å². The molecule has 4 aromatic rings. The summed E-state index contributed by atoms with van der Waals surface area (Å²) in [6.45, 7) is 2.97. The summed E-state index contributed by atoms with van der Waals surface area (Å²) in [5.41, 5.74) is 2.50. The van der Waals surface area contributed by atoms with Gasteiger partial charge < -0.3 is 4.74 Å². The molecule has 30 heavy (non-hydrogen) atoms. The van der Waals surface area contributed by atoms with E-state index in [2.05, 4.69) is 5.10 Å². The Bertz CT molecular complexity index is 1230. The molecule has 0 spiro atoms. The minimum absolute atomic E-state index is 0.190.